The molecule has 1 amide bonds. The molecule has 2 heterocycles. The number of benzene rings is 1. The molecular weight excluding hydrogens is 432 g/mol. The van der Waals surface area contributed by atoms with Crippen LogP contribution in [0.15, 0.2) is 42.8 Å². The van der Waals surface area contributed by atoms with Crippen LogP contribution in [0.25, 0.3) is 0 Å². The first-order chi connectivity index (χ1) is 15.5. The van der Waals surface area contributed by atoms with Gasteiger partial charge in [0.05, 0.1) is 32.5 Å². The topological polar surface area (TPSA) is 79.5 Å². The Balaban J connectivity index is 1.52. The van der Waals surface area contributed by atoms with E-state index in [1.54, 1.807) is 7.11 Å². The van der Waals surface area contributed by atoms with E-state index in [0.717, 1.165) is 29.7 Å². The molecule has 33 heavy (non-hydrogen) atoms. The maximum Gasteiger partial charge on any atom is 0.229 e. The molecule has 7 nitrogen and oxygen atoms in total. The summed E-state index contributed by atoms with van der Waals surface area (Å²) in [5, 5.41) is 10.6. The number of ether oxygens (including phenoxy) is 2. The highest BCUT2D eigenvalue weighted by Gasteiger charge is 2.59. The zero-order valence-corrected chi connectivity index (χ0v) is 21.6. The van der Waals surface area contributed by atoms with E-state index >= 15 is 0 Å². The van der Waals surface area contributed by atoms with Crippen molar-refractivity contribution in [2.75, 3.05) is 19.0 Å². The zero-order chi connectivity index (χ0) is 24.0. The van der Waals surface area contributed by atoms with E-state index in [9.17, 15) is 4.79 Å². The number of anilines is 1. The third-order valence-corrected chi connectivity index (χ3v) is 11.0. The molecular formula is C25H36N4O3Si. The average molecular weight is 469 g/mol. The second kappa shape index (κ2) is 8.33. The molecule has 8 heteroatoms. The van der Waals surface area contributed by atoms with Crippen LogP contribution in [0.4, 0.5) is 5.82 Å². The van der Waals surface area contributed by atoms with Crippen LogP contribution in [-0.2, 0) is 26.4 Å². The van der Waals surface area contributed by atoms with E-state index < -0.39 is 13.6 Å². The number of aromatic amines is 1. The van der Waals surface area contributed by atoms with E-state index in [4.69, 9.17) is 9.47 Å². The minimum Gasteiger partial charge on any atom is -0.469 e. The molecule has 2 aliphatic rings. The van der Waals surface area contributed by atoms with E-state index in [1.165, 1.54) is 0 Å². The summed E-state index contributed by atoms with van der Waals surface area (Å²) in [5.74, 6) is 1.31. The van der Waals surface area contributed by atoms with E-state index in [1.807, 2.05) is 30.3 Å². The monoisotopic (exact) mass is 468 g/mol. The van der Waals surface area contributed by atoms with Crippen molar-refractivity contribution >= 4 is 19.8 Å². The summed E-state index contributed by atoms with van der Waals surface area (Å²) >= 11 is 0. The minimum atomic E-state index is -1.62. The maximum absolute atomic E-state index is 13.2. The fourth-order valence-corrected chi connectivity index (χ4v) is 7.30. The van der Waals surface area contributed by atoms with E-state index in [0.29, 0.717) is 24.9 Å². The molecule has 1 fully saturated rings. The second-order valence-corrected chi connectivity index (χ2v) is 16.2. The minimum absolute atomic E-state index is 0.117. The molecule has 0 bridgehead atoms. The van der Waals surface area contributed by atoms with Crippen molar-refractivity contribution < 1.29 is 14.3 Å². The summed E-state index contributed by atoms with van der Waals surface area (Å²) in [6.07, 6.45) is 1.69. The average Bonchev–Trinajstić information content (AvgIpc) is 3.43. The van der Waals surface area contributed by atoms with Crippen LogP contribution in [0.2, 0.25) is 24.7 Å². The highest BCUT2D eigenvalue weighted by molar-refractivity contribution is 6.83. The van der Waals surface area contributed by atoms with Gasteiger partial charge in [0, 0.05) is 17.7 Å². The lowest BCUT2D eigenvalue weighted by atomic mass is 10.0. The smallest absolute Gasteiger partial charge is 0.229 e. The van der Waals surface area contributed by atoms with Gasteiger partial charge in [0.1, 0.15) is 6.10 Å². The molecule has 1 unspecified atom stereocenters. The van der Waals surface area contributed by atoms with E-state index in [-0.39, 0.29) is 17.0 Å². The molecule has 1 aromatic carbocycles. The van der Waals surface area contributed by atoms with Gasteiger partial charge in [-0.2, -0.15) is 5.10 Å². The Morgan fingerprint density at radius 2 is 1.94 bits per heavy atom. The predicted molar refractivity (Wildman–Crippen MR) is 132 cm³/mol. The summed E-state index contributed by atoms with van der Waals surface area (Å²) in [7, 11) is 0.0465. The quantitative estimate of drug-likeness (QED) is 0.393. The molecule has 4 rings (SSSR count). The molecule has 1 atom stereocenters. The van der Waals surface area contributed by atoms with Crippen LogP contribution >= 0.6 is 0 Å². The van der Waals surface area contributed by atoms with Gasteiger partial charge < -0.3 is 19.7 Å². The Morgan fingerprint density at radius 3 is 2.52 bits per heavy atom. The van der Waals surface area contributed by atoms with Gasteiger partial charge in [-0.15, -0.1) is 0 Å². The van der Waals surface area contributed by atoms with Crippen molar-refractivity contribution in [3.05, 3.63) is 59.6 Å². The number of carbonyl (C=O) groups is 1. The van der Waals surface area contributed by atoms with Crippen LogP contribution < -0.4 is 5.32 Å². The first-order valence-electron chi connectivity index (χ1n) is 11.6. The lowest BCUT2D eigenvalue weighted by molar-refractivity contribution is -0.117. The van der Waals surface area contributed by atoms with Gasteiger partial charge in [-0.05, 0) is 38.8 Å². The van der Waals surface area contributed by atoms with Gasteiger partial charge in [-0.25, -0.2) is 0 Å². The first kappa shape index (κ1) is 23.6. The standard InChI is InChI=1S/C25H36N4O3Si/c1-17(32-20(16-31-4)18-11-9-8-10-12-18)29-15-19-21(24(29,2)3)27-28-22(19)26-23(30)25(13-14-25)33(5,6)7/h8-12,20H,1,13-16H2,2-7H3,(H2,26,27,28,30). The predicted octanol–water partition coefficient (Wildman–Crippen LogP) is 5.15. The highest BCUT2D eigenvalue weighted by Crippen LogP contribution is 2.61. The van der Waals surface area contributed by atoms with E-state index in [2.05, 4.69) is 60.5 Å². The van der Waals surface area contributed by atoms with Crippen molar-refractivity contribution in [3.8, 4) is 0 Å². The number of fused-ring (bicyclic) bond motifs is 1. The highest BCUT2D eigenvalue weighted by atomic mass is 28.3. The molecule has 0 radical (unpaired) electrons. The fraction of sp³-hybridized carbons (Fsp3) is 0.520. The number of rotatable bonds is 9. The number of hydrogen-bond donors (Lipinski definition) is 2. The summed E-state index contributed by atoms with van der Waals surface area (Å²) in [6.45, 7) is 16.2. The number of H-pyrrole nitrogens is 1. The number of amides is 1. The summed E-state index contributed by atoms with van der Waals surface area (Å²) in [6, 6.07) is 10.0. The number of carbonyl (C=O) groups excluding carboxylic acids is 1. The summed E-state index contributed by atoms with van der Waals surface area (Å²) in [5.41, 5.74) is 2.59. The summed E-state index contributed by atoms with van der Waals surface area (Å²) in [4.78, 5) is 15.3. The van der Waals surface area contributed by atoms with Gasteiger partial charge in [0.25, 0.3) is 0 Å². The van der Waals surface area contributed by atoms with Gasteiger partial charge in [0.2, 0.25) is 5.91 Å². The van der Waals surface area contributed by atoms with Gasteiger partial charge in [-0.3, -0.25) is 9.89 Å². The normalized spacial score (nSPS) is 19.0. The van der Waals surface area contributed by atoms with Gasteiger partial charge in [0.15, 0.2) is 11.7 Å². The van der Waals surface area contributed by atoms with Gasteiger partial charge in [-0.1, -0.05) is 50.0 Å². The lowest BCUT2D eigenvalue weighted by Crippen LogP contribution is -2.39. The molecule has 1 aromatic heterocycles. The molecule has 2 aromatic rings. The second-order valence-electron chi connectivity index (χ2n) is 10.7. The van der Waals surface area contributed by atoms with Crippen molar-refractivity contribution in [2.24, 2.45) is 0 Å². The largest absolute Gasteiger partial charge is 0.469 e. The number of nitrogens with zero attached hydrogens (tertiary/aromatic N) is 2. The molecule has 2 N–H and O–H groups in total. The van der Waals surface area contributed by atoms with Crippen molar-refractivity contribution in [1.82, 2.24) is 15.1 Å². The fourth-order valence-electron chi connectivity index (χ4n) is 4.93. The molecule has 178 valence electrons. The third-order valence-electron chi connectivity index (χ3n) is 7.39. The molecule has 1 saturated carbocycles. The van der Waals surface area contributed by atoms with Crippen LogP contribution in [0.1, 0.15) is 49.6 Å². The Bertz CT molecular complexity index is 1040. The molecule has 1 aliphatic carbocycles. The Labute approximate surface area is 197 Å². The Morgan fingerprint density at radius 1 is 1.27 bits per heavy atom. The molecule has 0 spiro atoms. The number of aromatic nitrogens is 2. The van der Waals surface area contributed by atoms with Gasteiger partial charge >= 0.3 is 0 Å². The van der Waals surface area contributed by atoms with Crippen molar-refractivity contribution in [3.63, 3.8) is 0 Å². The SMILES string of the molecule is C=C(OC(COC)c1ccccc1)N1Cc2c(NC(=O)C3([Si](C)(C)C)CC3)n[nH]c2C1(C)C. The summed E-state index contributed by atoms with van der Waals surface area (Å²) < 4.78 is 11.7. The number of nitrogens with one attached hydrogen (secondary N) is 2. The van der Waals surface area contributed by atoms with Crippen LogP contribution in [0, 0.1) is 0 Å². The van der Waals surface area contributed by atoms with Crippen molar-refractivity contribution in [1.29, 1.82) is 0 Å². The zero-order valence-electron chi connectivity index (χ0n) is 20.6. The molecule has 0 saturated heterocycles. The maximum atomic E-state index is 13.2. The molecule has 1 aliphatic heterocycles. The van der Waals surface area contributed by atoms with Crippen molar-refractivity contribution in [2.45, 2.75) is 69.6 Å². The first-order valence-corrected chi connectivity index (χ1v) is 15.1. The lowest BCUT2D eigenvalue weighted by Gasteiger charge is -2.36. The van der Waals surface area contributed by atoms with Crippen LogP contribution in [0.5, 0.6) is 0 Å². The number of hydrogen-bond acceptors (Lipinski definition) is 5. The van der Waals surface area contributed by atoms with Crippen LogP contribution in [0.3, 0.4) is 0 Å². The van der Waals surface area contributed by atoms with Crippen LogP contribution in [-0.4, -0.2) is 42.8 Å². The number of methoxy groups -OCH3 is 1. The Hall–Kier alpha value is -2.58. The Kier molecular flexibility index (Phi) is 5.95. The third kappa shape index (κ3) is 4.10.